The molecule has 0 fully saturated rings. The Bertz CT molecular complexity index is 1020. The van der Waals surface area contributed by atoms with Gasteiger partial charge in [-0.3, -0.25) is 4.72 Å². The van der Waals surface area contributed by atoms with Gasteiger partial charge in [-0.15, -0.1) is 0 Å². The van der Waals surface area contributed by atoms with Crippen LogP contribution in [0.15, 0.2) is 53.4 Å². The second-order valence-electron chi connectivity index (χ2n) is 6.49. The van der Waals surface area contributed by atoms with Crippen LogP contribution < -0.4 is 9.46 Å². The lowest BCUT2D eigenvalue weighted by Crippen LogP contribution is -2.16. The van der Waals surface area contributed by atoms with Crippen molar-refractivity contribution in [2.75, 3.05) is 11.3 Å². The fourth-order valence-corrected chi connectivity index (χ4v) is 3.30. The molecule has 3 aromatic rings. The molecule has 136 valence electrons. The van der Waals surface area contributed by atoms with Crippen LogP contribution in [0, 0.1) is 12.8 Å². The van der Waals surface area contributed by atoms with E-state index in [2.05, 4.69) is 14.7 Å². The fraction of sp³-hybridized carbons (Fsp3) is 0.263. The minimum absolute atomic E-state index is 0.0879. The van der Waals surface area contributed by atoms with Gasteiger partial charge < -0.3 is 4.74 Å². The van der Waals surface area contributed by atoms with Gasteiger partial charge in [0.05, 0.1) is 22.5 Å². The second kappa shape index (κ2) is 7.29. The average molecular weight is 371 g/mol. The summed E-state index contributed by atoms with van der Waals surface area (Å²) in [5, 5.41) is 0. The highest BCUT2D eigenvalue weighted by Gasteiger charge is 2.19. The van der Waals surface area contributed by atoms with Gasteiger partial charge in [0, 0.05) is 0 Å². The molecule has 1 heterocycles. The lowest BCUT2D eigenvalue weighted by Gasteiger charge is -2.14. The van der Waals surface area contributed by atoms with Crippen LogP contribution in [0.25, 0.3) is 11.0 Å². The average Bonchev–Trinajstić information content (AvgIpc) is 2.60. The van der Waals surface area contributed by atoms with Gasteiger partial charge in [0.1, 0.15) is 0 Å². The van der Waals surface area contributed by atoms with Crippen molar-refractivity contribution in [1.82, 2.24) is 9.97 Å². The topological polar surface area (TPSA) is 81.2 Å². The Morgan fingerprint density at radius 3 is 2.23 bits per heavy atom. The number of aryl methyl sites for hydroxylation is 1. The third-order valence-corrected chi connectivity index (χ3v) is 5.01. The van der Waals surface area contributed by atoms with E-state index in [4.69, 9.17) is 4.74 Å². The molecule has 0 saturated carbocycles. The molecule has 0 saturated heterocycles. The van der Waals surface area contributed by atoms with Gasteiger partial charge in [-0.05, 0) is 37.1 Å². The number of rotatable bonds is 6. The van der Waals surface area contributed by atoms with E-state index < -0.39 is 10.0 Å². The van der Waals surface area contributed by atoms with Crippen molar-refractivity contribution < 1.29 is 13.2 Å². The van der Waals surface area contributed by atoms with Crippen molar-refractivity contribution in [1.29, 1.82) is 0 Å². The Balaban J connectivity index is 2.01. The maximum Gasteiger partial charge on any atom is 0.263 e. The molecular weight excluding hydrogens is 350 g/mol. The quantitative estimate of drug-likeness (QED) is 0.713. The zero-order valence-corrected chi connectivity index (χ0v) is 15.7. The van der Waals surface area contributed by atoms with Crippen molar-refractivity contribution in [3.05, 3.63) is 54.1 Å². The molecule has 26 heavy (non-hydrogen) atoms. The van der Waals surface area contributed by atoms with Crippen LogP contribution in [-0.2, 0) is 10.0 Å². The Kier molecular flexibility index (Phi) is 5.08. The number of nitrogens with one attached hydrogen (secondary N) is 1. The highest BCUT2D eigenvalue weighted by molar-refractivity contribution is 7.92. The Morgan fingerprint density at radius 1 is 1.00 bits per heavy atom. The maximum absolute atomic E-state index is 12.7. The standard InChI is InChI=1S/C19H21N3O3S/c1-13(2)12-25-19-18(20-16-6-4-5-7-17(16)21-19)22-26(23,24)15-10-8-14(3)9-11-15/h4-11,13H,12H2,1-3H3,(H,20,22). The van der Waals surface area contributed by atoms with Crippen LogP contribution in [0.2, 0.25) is 0 Å². The Labute approximate surface area is 153 Å². The highest BCUT2D eigenvalue weighted by atomic mass is 32.2. The lowest BCUT2D eigenvalue weighted by molar-refractivity contribution is 0.263. The molecule has 0 bridgehead atoms. The predicted octanol–water partition coefficient (Wildman–Crippen LogP) is 3.77. The summed E-state index contributed by atoms with van der Waals surface area (Å²) in [5.41, 5.74) is 2.21. The van der Waals surface area contributed by atoms with E-state index in [9.17, 15) is 8.42 Å². The number of nitrogens with zero attached hydrogens (tertiary/aromatic N) is 2. The number of anilines is 1. The lowest BCUT2D eigenvalue weighted by atomic mass is 10.2. The maximum atomic E-state index is 12.7. The van der Waals surface area contributed by atoms with E-state index in [-0.39, 0.29) is 22.5 Å². The van der Waals surface area contributed by atoms with Gasteiger partial charge in [-0.25, -0.2) is 18.4 Å². The first-order valence-corrected chi connectivity index (χ1v) is 9.82. The summed E-state index contributed by atoms with van der Waals surface area (Å²) in [6.07, 6.45) is 0. The number of hydrogen-bond acceptors (Lipinski definition) is 5. The van der Waals surface area contributed by atoms with Crippen LogP contribution >= 0.6 is 0 Å². The molecule has 0 spiro atoms. The number of para-hydroxylation sites is 2. The molecule has 0 atom stereocenters. The van der Waals surface area contributed by atoms with Gasteiger partial charge in [0.15, 0.2) is 0 Å². The SMILES string of the molecule is Cc1ccc(S(=O)(=O)Nc2nc3ccccc3nc2OCC(C)C)cc1. The summed E-state index contributed by atoms with van der Waals surface area (Å²) in [6, 6.07) is 13.9. The normalized spacial score (nSPS) is 11.7. The third-order valence-electron chi connectivity index (χ3n) is 3.65. The van der Waals surface area contributed by atoms with Gasteiger partial charge >= 0.3 is 0 Å². The summed E-state index contributed by atoms with van der Waals surface area (Å²) in [6.45, 7) is 6.32. The van der Waals surface area contributed by atoms with Crippen LogP contribution in [0.3, 0.4) is 0 Å². The molecule has 0 amide bonds. The predicted molar refractivity (Wildman–Crippen MR) is 102 cm³/mol. The number of aromatic nitrogens is 2. The van der Waals surface area contributed by atoms with Crippen molar-refractivity contribution in [3.63, 3.8) is 0 Å². The van der Waals surface area contributed by atoms with Gasteiger partial charge in [0.2, 0.25) is 5.82 Å². The van der Waals surface area contributed by atoms with E-state index in [1.54, 1.807) is 30.3 Å². The molecular formula is C19H21N3O3S. The van der Waals surface area contributed by atoms with Crippen molar-refractivity contribution in [2.24, 2.45) is 5.92 Å². The molecule has 0 aliphatic carbocycles. The monoisotopic (exact) mass is 371 g/mol. The molecule has 0 aliphatic heterocycles. The van der Waals surface area contributed by atoms with Crippen LogP contribution in [0.1, 0.15) is 19.4 Å². The molecule has 1 aromatic heterocycles. The number of benzene rings is 2. The van der Waals surface area contributed by atoms with Crippen LogP contribution in [0.5, 0.6) is 5.88 Å². The number of sulfonamides is 1. The minimum atomic E-state index is -3.79. The summed E-state index contributed by atoms with van der Waals surface area (Å²) in [4.78, 5) is 8.99. The van der Waals surface area contributed by atoms with Gasteiger partial charge in [-0.1, -0.05) is 43.7 Å². The van der Waals surface area contributed by atoms with E-state index in [0.717, 1.165) is 5.56 Å². The number of fused-ring (bicyclic) bond motifs is 1. The van der Waals surface area contributed by atoms with Crippen LogP contribution in [0.4, 0.5) is 5.82 Å². The first-order chi connectivity index (χ1) is 12.3. The fourth-order valence-electron chi connectivity index (χ4n) is 2.30. The van der Waals surface area contributed by atoms with Gasteiger partial charge in [0.25, 0.3) is 15.9 Å². The minimum Gasteiger partial charge on any atom is -0.475 e. The summed E-state index contributed by atoms with van der Waals surface area (Å²) in [7, 11) is -3.79. The Morgan fingerprint density at radius 2 is 1.62 bits per heavy atom. The summed E-state index contributed by atoms with van der Waals surface area (Å²) in [5.74, 6) is 0.530. The van der Waals surface area contributed by atoms with Crippen molar-refractivity contribution in [3.8, 4) is 5.88 Å². The second-order valence-corrected chi connectivity index (χ2v) is 8.17. The van der Waals surface area contributed by atoms with E-state index in [0.29, 0.717) is 17.6 Å². The molecule has 3 rings (SSSR count). The van der Waals surface area contributed by atoms with Crippen molar-refractivity contribution in [2.45, 2.75) is 25.7 Å². The smallest absolute Gasteiger partial charge is 0.263 e. The van der Waals surface area contributed by atoms with E-state index in [1.165, 1.54) is 0 Å². The number of ether oxygens (including phenoxy) is 1. The molecule has 0 radical (unpaired) electrons. The summed E-state index contributed by atoms with van der Waals surface area (Å²) < 4.78 is 33.6. The first-order valence-electron chi connectivity index (χ1n) is 8.34. The first kappa shape index (κ1) is 18.1. The van der Waals surface area contributed by atoms with Crippen LogP contribution in [-0.4, -0.2) is 25.0 Å². The molecule has 0 unspecified atom stereocenters. The highest BCUT2D eigenvalue weighted by Crippen LogP contribution is 2.26. The molecule has 7 heteroatoms. The zero-order valence-electron chi connectivity index (χ0n) is 14.9. The third kappa shape index (κ3) is 4.11. The molecule has 2 aromatic carbocycles. The van der Waals surface area contributed by atoms with Gasteiger partial charge in [-0.2, -0.15) is 0 Å². The summed E-state index contributed by atoms with van der Waals surface area (Å²) >= 11 is 0. The Hall–Kier alpha value is -2.67. The number of hydrogen-bond donors (Lipinski definition) is 1. The molecule has 0 aliphatic rings. The van der Waals surface area contributed by atoms with E-state index >= 15 is 0 Å². The van der Waals surface area contributed by atoms with E-state index in [1.807, 2.05) is 39.0 Å². The molecule has 6 nitrogen and oxygen atoms in total. The van der Waals surface area contributed by atoms with Crippen molar-refractivity contribution >= 4 is 26.9 Å². The zero-order chi connectivity index (χ0) is 18.7. The molecule has 1 N–H and O–H groups in total. The largest absolute Gasteiger partial charge is 0.475 e.